The fraction of sp³-hybridized carbons (Fsp3) is 1.00. The first-order valence-electron chi connectivity index (χ1n) is 3.22. The van der Waals surface area contributed by atoms with Gasteiger partial charge in [0.05, 0.1) is 6.10 Å². The molecule has 0 heterocycles. The number of halogens is 1. The van der Waals surface area contributed by atoms with Gasteiger partial charge in [-0.2, -0.15) is 0 Å². The van der Waals surface area contributed by atoms with Crippen molar-refractivity contribution in [1.82, 2.24) is 0 Å². The van der Waals surface area contributed by atoms with Crippen LogP contribution in [0.1, 0.15) is 19.3 Å². The number of aliphatic hydroxyl groups excluding tert-OH is 1. The lowest BCUT2D eigenvalue weighted by Crippen LogP contribution is -2.21. The van der Waals surface area contributed by atoms with E-state index in [0.717, 1.165) is 19.3 Å². The Morgan fingerprint density at radius 1 is 1.44 bits per heavy atom. The summed E-state index contributed by atoms with van der Waals surface area (Å²) >= 11 is 0. The first-order valence-corrected chi connectivity index (χ1v) is 3.22. The number of hydrogen-bond donors (Lipinski definition) is 2. The molecule has 1 aliphatic carbocycles. The van der Waals surface area contributed by atoms with E-state index in [1.165, 1.54) is 0 Å². The Morgan fingerprint density at radius 2 is 2.11 bits per heavy atom. The molecule has 0 amide bonds. The predicted octanol–water partition coefficient (Wildman–Crippen LogP) is 0.528. The van der Waals surface area contributed by atoms with Crippen LogP contribution in [0.5, 0.6) is 0 Å². The third-order valence-electron chi connectivity index (χ3n) is 1.92. The van der Waals surface area contributed by atoms with E-state index in [0.29, 0.717) is 12.5 Å². The van der Waals surface area contributed by atoms with E-state index in [1.807, 2.05) is 0 Å². The zero-order valence-corrected chi connectivity index (χ0v) is 6.23. The Balaban J connectivity index is 0.000000640. The van der Waals surface area contributed by atoms with E-state index in [4.69, 9.17) is 10.8 Å². The molecule has 0 aliphatic heterocycles. The van der Waals surface area contributed by atoms with E-state index in [1.54, 1.807) is 0 Å². The molecule has 2 atom stereocenters. The molecule has 1 saturated carbocycles. The Morgan fingerprint density at radius 3 is 2.33 bits per heavy atom. The van der Waals surface area contributed by atoms with Crippen molar-refractivity contribution in [2.45, 2.75) is 25.4 Å². The van der Waals surface area contributed by atoms with Crippen molar-refractivity contribution in [3.63, 3.8) is 0 Å². The van der Waals surface area contributed by atoms with Gasteiger partial charge >= 0.3 is 0 Å². The minimum absolute atomic E-state index is 0. The number of nitrogens with two attached hydrogens (primary N) is 1. The molecule has 9 heavy (non-hydrogen) atoms. The van der Waals surface area contributed by atoms with Crippen LogP contribution >= 0.6 is 12.4 Å². The van der Waals surface area contributed by atoms with E-state index in [2.05, 4.69) is 0 Å². The summed E-state index contributed by atoms with van der Waals surface area (Å²) in [6, 6.07) is 0. The molecule has 1 rings (SSSR count). The topological polar surface area (TPSA) is 46.2 Å². The molecule has 0 unspecified atom stereocenters. The van der Waals surface area contributed by atoms with Crippen LogP contribution in [0.3, 0.4) is 0 Å². The molecular formula is C6H14ClNO. The van der Waals surface area contributed by atoms with Crippen molar-refractivity contribution in [3.05, 3.63) is 0 Å². The number of hydrogen-bond acceptors (Lipinski definition) is 2. The highest BCUT2D eigenvalue weighted by molar-refractivity contribution is 5.85. The third-order valence-corrected chi connectivity index (χ3v) is 1.92. The summed E-state index contributed by atoms with van der Waals surface area (Å²) in [4.78, 5) is 0. The first kappa shape index (κ1) is 9.21. The van der Waals surface area contributed by atoms with Crippen LogP contribution in [-0.2, 0) is 0 Å². The minimum atomic E-state index is -0.0972. The maximum Gasteiger partial charge on any atom is 0.0580 e. The summed E-state index contributed by atoms with van der Waals surface area (Å²) < 4.78 is 0. The maximum absolute atomic E-state index is 9.11. The smallest absolute Gasteiger partial charge is 0.0580 e. The monoisotopic (exact) mass is 151 g/mol. The van der Waals surface area contributed by atoms with Crippen LogP contribution in [0, 0.1) is 5.92 Å². The van der Waals surface area contributed by atoms with Gasteiger partial charge in [0.1, 0.15) is 0 Å². The molecule has 0 radical (unpaired) electrons. The van der Waals surface area contributed by atoms with E-state index in [9.17, 15) is 0 Å². The van der Waals surface area contributed by atoms with Gasteiger partial charge in [0.25, 0.3) is 0 Å². The van der Waals surface area contributed by atoms with Crippen molar-refractivity contribution >= 4 is 12.4 Å². The standard InChI is InChI=1S/C6H13NO.ClH/c7-4-5-2-1-3-6(5)8;/h5-6,8H,1-4,7H2;1H/t5-,6-;/m1./s1. The second-order valence-electron chi connectivity index (χ2n) is 2.49. The van der Waals surface area contributed by atoms with Crippen molar-refractivity contribution < 1.29 is 5.11 Å². The molecule has 0 bridgehead atoms. The molecule has 0 aromatic heterocycles. The summed E-state index contributed by atoms with van der Waals surface area (Å²) in [5.74, 6) is 0.398. The lowest BCUT2D eigenvalue weighted by atomic mass is 10.1. The summed E-state index contributed by atoms with van der Waals surface area (Å²) in [6.07, 6.45) is 3.14. The highest BCUT2D eigenvalue weighted by atomic mass is 35.5. The lowest BCUT2D eigenvalue weighted by Gasteiger charge is -2.09. The highest BCUT2D eigenvalue weighted by Gasteiger charge is 2.22. The normalized spacial score (nSPS) is 34.0. The van der Waals surface area contributed by atoms with Crippen LogP contribution in [0.25, 0.3) is 0 Å². The zero-order chi connectivity index (χ0) is 5.98. The fourth-order valence-electron chi connectivity index (χ4n) is 1.29. The molecule has 56 valence electrons. The van der Waals surface area contributed by atoms with Crippen LogP contribution in [0.15, 0.2) is 0 Å². The second kappa shape index (κ2) is 4.09. The Bertz CT molecular complexity index is 79.5. The van der Waals surface area contributed by atoms with Crippen LogP contribution in [-0.4, -0.2) is 17.8 Å². The van der Waals surface area contributed by atoms with Crippen molar-refractivity contribution in [2.24, 2.45) is 11.7 Å². The van der Waals surface area contributed by atoms with Gasteiger partial charge in [0, 0.05) is 0 Å². The minimum Gasteiger partial charge on any atom is -0.393 e. The second-order valence-corrected chi connectivity index (χ2v) is 2.49. The number of rotatable bonds is 1. The van der Waals surface area contributed by atoms with Crippen LogP contribution in [0.4, 0.5) is 0 Å². The van der Waals surface area contributed by atoms with Gasteiger partial charge < -0.3 is 10.8 Å². The molecule has 0 spiro atoms. The Kier molecular flexibility index (Phi) is 4.19. The third kappa shape index (κ3) is 2.12. The SMILES string of the molecule is Cl.NC[C@H]1CCC[C@H]1O. The van der Waals surface area contributed by atoms with Crippen molar-refractivity contribution in [1.29, 1.82) is 0 Å². The van der Waals surface area contributed by atoms with E-state index in [-0.39, 0.29) is 18.5 Å². The van der Waals surface area contributed by atoms with Crippen molar-refractivity contribution in [2.75, 3.05) is 6.54 Å². The molecule has 0 aromatic rings. The van der Waals surface area contributed by atoms with Gasteiger partial charge in [-0.3, -0.25) is 0 Å². The largest absolute Gasteiger partial charge is 0.393 e. The summed E-state index contributed by atoms with van der Waals surface area (Å²) in [6.45, 7) is 0.654. The van der Waals surface area contributed by atoms with Crippen LogP contribution in [0.2, 0.25) is 0 Å². The van der Waals surface area contributed by atoms with Gasteiger partial charge in [-0.1, -0.05) is 6.42 Å². The number of aliphatic hydroxyl groups is 1. The molecule has 3 N–H and O–H groups in total. The van der Waals surface area contributed by atoms with E-state index < -0.39 is 0 Å². The molecular weight excluding hydrogens is 138 g/mol. The fourth-order valence-corrected chi connectivity index (χ4v) is 1.29. The lowest BCUT2D eigenvalue weighted by molar-refractivity contribution is 0.136. The molecule has 1 aliphatic rings. The summed E-state index contributed by atoms with van der Waals surface area (Å²) in [7, 11) is 0. The average Bonchev–Trinajstić information content (AvgIpc) is 2.14. The molecule has 3 heteroatoms. The maximum atomic E-state index is 9.11. The van der Waals surface area contributed by atoms with Crippen LogP contribution < -0.4 is 5.73 Å². The van der Waals surface area contributed by atoms with Gasteiger partial charge in [-0.05, 0) is 25.3 Å². The molecule has 1 fully saturated rings. The van der Waals surface area contributed by atoms with Gasteiger partial charge in [0.15, 0.2) is 0 Å². The van der Waals surface area contributed by atoms with E-state index >= 15 is 0 Å². The summed E-state index contributed by atoms with van der Waals surface area (Å²) in [5, 5.41) is 9.11. The summed E-state index contributed by atoms with van der Waals surface area (Å²) in [5.41, 5.74) is 5.36. The van der Waals surface area contributed by atoms with Gasteiger partial charge in [0.2, 0.25) is 0 Å². The van der Waals surface area contributed by atoms with Gasteiger partial charge in [-0.15, -0.1) is 12.4 Å². The zero-order valence-electron chi connectivity index (χ0n) is 5.42. The Hall–Kier alpha value is 0.210. The van der Waals surface area contributed by atoms with Crippen molar-refractivity contribution in [3.8, 4) is 0 Å². The first-order chi connectivity index (χ1) is 3.84. The average molecular weight is 152 g/mol. The highest BCUT2D eigenvalue weighted by Crippen LogP contribution is 2.23. The predicted molar refractivity (Wildman–Crippen MR) is 39.7 cm³/mol. The molecule has 0 saturated heterocycles. The Labute approximate surface area is 61.8 Å². The van der Waals surface area contributed by atoms with Gasteiger partial charge in [-0.25, -0.2) is 0 Å². The molecule has 0 aromatic carbocycles. The molecule has 2 nitrogen and oxygen atoms in total. The quantitative estimate of drug-likeness (QED) is 0.575.